The second kappa shape index (κ2) is 9.45. The third kappa shape index (κ3) is 5.98. The summed E-state index contributed by atoms with van der Waals surface area (Å²) in [5, 5.41) is 2.35. The van der Waals surface area contributed by atoms with Crippen LogP contribution < -0.4 is 11.1 Å². The Kier molecular flexibility index (Phi) is 7.59. The molecule has 126 valence electrons. The predicted molar refractivity (Wildman–Crippen MR) is 84.4 cm³/mol. The molecule has 1 rings (SSSR count). The van der Waals surface area contributed by atoms with Gasteiger partial charge in [-0.05, 0) is 31.9 Å². The number of anilines is 1. The Morgan fingerprint density at radius 1 is 1.09 bits per heavy atom. The number of rotatable bonds is 8. The summed E-state index contributed by atoms with van der Waals surface area (Å²) in [4.78, 5) is 35.5. The van der Waals surface area contributed by atoms with Crippen molar-refractivity contribution in [2.45, 2.75) is 32.7 Å². The molecule has 3 N–H and O–H groups in total. The molecule has 0 bridgehead atoms. The summed E-state index contributed by atoms with van der Waals surface area (Å²) in [6.07, 6.45) is 0.487. The van der Waals surface area contributed by atoms with Gasteiger partial charge in [-0.2, -0.15) is 0 Å². The lowest BCUT2D eigenvalue weighted by atomic mass is 10.1. The van der Waals surface area contributed by atoms with Crippen LogP contribution in [0.1, 0.15) is 25.8 Å². The molecule has 0 saturated carbocycles. The standard InChI is InChI=1S/C16H22N2O5/c1-3-22-15(20)14(16(21)23-4-2)18-13(19)10-9-11-7-5-6-8-12(11)17/h5-8,14H,3-4,9-10,17H2,1-2H3,(H,18,19). The first-order valence-electron chi connectivity index (χ1n) is 7.45. The minimum Gasteiger partial charge on any atom is -0.464 e. The summed E-state index contributed by atoms with van der Waals surface area (Å²) < 4.78 is 9.56. The fraction of sp³-hybridized carbons (Fsp3) is 0.438. The maximum atomic E-state index is 12.0. The minimum atomic E-state index is -1.45. The van der Waals surface area contributed by atoms with Crippen LogP contribution in [0.5, 0.6) is 0 Å². The number of hydrogen-bond acceptors (Lipinski definition) is 6. The van der Waals surface area contributed by atoms with Gasteiger partial charge in [0.25, 0.3) is 0 Å². The molecule has 1 aromatic carbocycles. The number of nitrogens with two attached hydrogens (primary N) is 1. The molecule has 0 spiro atoms. The first-order chi connectivity index (χ1) is 11.0. The fourth-order valence-electron chi connectivity index (χ4n) is 1.91. The molecule has 0 aliphatic rings. The summed E-state index contributed by atoms with van der Waals surface area (Å²) in [5.74, 6) is -2.13. The van der Waals surface area contributed by atoms with E-state index in [2.05, 4.69) is 5.32 Å². The number of hydrogen-bond donors (Lipinski definition) is 2. The van der Waals surface area contributed by atoms with E-state index in [1.807, 2.05) is 12.1 Å². The van der Waals surface area contributed by atoms with Gasteiger partial charge in [-0.3, -0.25) is 4.79 Å². The molecule has 1 aromatic rings. The van der Waals surface area contributed by atoms with Gasteiger partial charge in [0, 0.05) is 12.1 Å². The first kappa shape index (κ1) is 18.5. The molecule has 23 heavy (non-hydrogen) atoms. The largest absolute Gasteiger partial charge is 0.464 e. The predicted octanol–water partition coefficient (Wildman–Crippen LogP) is 0.812. The van der Waals surface area contributed by atoms with Crippen LogP contribution in [-0.2, 0) is 30.3 Å². The van der Waals surface area contributed by atoms with Gasteiger partial charge in [0.15, 0.2) is 0 Å². The zero-order valence-corrected chi connectivity index (χ0v) is 13.3. The molecular weight excluding hydrogens is 300 g/mol. The highest BCUT2D eigenvalue weighted by atomic mass is 16.6. The lowest BCUT2D eigenvalue weighted by Crippen LogP contribution is -2.48. The second-order valence-corrected chi connectivity index (χ2v) is 4.70. The average Bonchev–Trinajstić information content (AvgIpc) is 2.52. The number of carbonyl (C=O) groups is 3. The monoisotopic (exact) mass is 322 g/mol. The molecule has 0 atom stereocenters. The van der Waals surface area contributed by atoms with E-state index in [0.29, 0.717) is 12.1 Å². The summed E-state index contributed by atoms with van der Waals surface area (Å²) in [6, 6.07) is 5.74. The summed E-state index contributed by atoms with van der Waals surface area (Å²) in [7, 11) is 0. The Hall–Kier alpha value is -2.57. The quantitative estimate of drug-likeness (QED) is 0.417. The smallest absolute Gasteiger partial charge is 0.340 e. The Labute approximate surface area is 135 Å². The van der Waals surface area contributed by atoms with Crippen molar-refractivity contribution < 1.29 is 23.9 Å². The zero-order chi connectivity index (χ0) is 17.2. The SMILES string of the molecule is CCOC(=O)C(NC(=O)CCc1ccccc1N)C(=O)OCC. The molecule has 0 saturated heterocycles. The first-order valence-corrected chi connectivity index (χ1v) is 7.45. The molecule has 0 aliphatic carbocycles. The van der Waals surface area contributed by atoms with E-state index < -0.39 is 23.9 Å². The Morgan fingerprint density at radius 3 is 2.17 bits per heavy atom. The van der Waals surface area contributed by atoms with Gasteiger partial charge >= 0.3 is 11.9 Å². The molecule has 0 aliphatic heterocycles. The number of ether oxygens (including phenoxy) is 2. The average molecular weight is 322 g/mol. The van der Waals surface area contributed by atoms with Crippen molar-refractivity contribution in [2.75, 3.05) is 18.9 Å². The van der Waals surface area contributed by atoms with E-state index in [-0.39, 0.29) is 19.6 Å². The maximum absolute atomic E-state index is 12.0. The molecule has 0 fully saturated rings. The van der Waals surface area contributed by atoms with Crippen molar-refractivity contribution in [2.24, 2.45) is 0 Å². The minimum absolute atomic E-state index is 0.0868. The van der Waals surface area contributed by atoms with Crippen molar-refractivity contribution in [3.05, 3.63) is 29.8 Å². The van der Waals surface area contributed by atoms with Gasteiger partial charge in [0.1, 0.15) is 0 Å². The van der Waals surface area contributed by atoms with E-state index in [0.717, 1.165) is 5.56 Å². The second-order valence-electron chi connectivity index (χ2n) is 4.70. The molecule has 1 amide bonds. The van der Waals surface area contributed by atoms with Crippen LogP contribution in [0.15, 0.2) is 24.3 Å². The molecule has 0 aromatic heterocycles. The number of benzene rings is 1. The molecule has 0 radical (unpaired) electrons. The van der Waals surface area contributed by atoms with Gasteiger partial charge in [-0.25, -0.2) is 9.59 Å². The number of nitrogens with one attached hydrogen (secondary N) is 1. The summed E-state index contributed by atoms with van der Waals surface area (Å²) >= 11 is 0. The van der Waals surface area contributed by atoms with Crippen LogP contribution in [0.4, 0.5) is 5.69 Å². The third-order valence-electron chi connectivity index (χ3n) is 3.03. The van der Waals surface area contributed by atoms with E-state index in [4.69, 9.17) is 15.2 Å². The molecule has 7 heteroatoms. The van der Waals surface area contributed by atoms with Crippen molar-refractivity contribution in [3.63, 3.8) is 0 Å². The van der Waals surface area contributed by atoms with Crippen molar-refractivity contribution in [1.82, 2.24) is 5.32 Å². The van der Waals surface area contributed by atoms with Crippen molar-refractivity contribution >= 4 is 23.5 Å². The van der Waals surface area contributed by atoms with Gasteiger partial charge < -0.3 is 20.5 Å². The van der Waals surface area contributed by atoms with E-state index in [9.17, 15) is 14.4 Å². The number of nitrogen functional groups attached to an aromatic ring is 1. The highest BCUT2D eigenvalue weighted by Crippen LogP contribution is 2.12. The highest BCUT2D eigenvalue weighted by molar-refractivity contribution is 6.02. The topological polar surface area (TPSA) is 108 Å². The van der Waals surface area contributed by atoms with Crippen LogP contribution in [0.3, 0.4) is 0 Å². The van der Waals surface area contributed by atoms with Gasteiger partial charge in [-0.1, -0.05) is 18.2 Å². The van der Waals surface area contributed by atoms with E-state index in [1.54, 1.807) is 26.0 Å². The molecular formula is C16H22N2O5. The van der Waals surface area contributed by atoms with Gasteiger partial charge in [0.05, 0.1) is 13.2 Å². The summed E-state index contributed by atoms with van der Waals surface area (Å²) in [6.45, 7) is 3.43. The third-order valence-corrected chi connectivity index (χ3v) is 3.03. The molecule has 0 heterocycles. The number of para-hydroxylation sites is 1. The van der Waals surface area contributed by atoms with Gasteiger partial charge in [0.2, 0.25) is 11.9 Å². The Balaban J connectivity index is 2.64. The number of aryl methyl sites for hydroxylation is 1. The normalized spacial score (nSPS) is 10.2. The number of carbonyl (C=O) groups excluding carboxylic acids is 3. The van der Waals surface area contributed by atoms with Crippen molar-refractivity contribution in [3.8, 4) is 0 Å². The van der Waals surface area contributed by atoms with Crippen LogP contribution in [0.2, 0.25) is 0 Å². The Morgan fingerprint density at radius 2 is 1.65 bits per heavy atom. The Bertz CT molecular complexity index is 541. The lowest BCUT2D eigenvalue weighted by molar-refractivity contribution is -0.159. The number of esters is 2. The fourth-order valence-corrected chi connectivity index (χ4v) is 1.91. The van der Waals surface area contributed by atoms with E-state index >= 15 is 0 Å². The molecule has 7 nitrogen and oxygen atoms in total. The maximum Gasteiger partial charge on any atom is 0.340 e. The lowest BCUT2D eigenvalue weighted by Gasteiger charge is -2.16. The summed E-state index contributed by atoms with van der Waals surface area (Å²) in [5.41, 5.74) is 7.22. The van der Waals surface area contributed by atoms with Crippen LogP contribution in [0, 0.1) is 0 Å². The van der Waals surface area contributed by atoms with Crippen molar-refractivity contribution in [1.29, 1.82) is 0 Å². The van der Waals surface area contributed by atoms with Crippen LogP contribution in [-0.4, -0.2) is 37.1 Å². The highest BCUT2D eigenvalue weighted by Gasteiger charge is 2.31. The van der Waals surface area contributed by atoms with Crippen LogP contribution in [0.25, 0.3) is 0 Å². The molecule has 0 unspecified atom stereocenters. The van der Waals surface area contributed by atoms with Crippen LogP contribution >= 0.6 is 0 Å². The zero-order valence-electron chi connectivity index (χ0n) is 13.3. The van der Waals surface area contributed by atoms with Gasteiger partial charge in [-0.15, -0.1) is 0 Å². The number of amides is 1. The van der Waals surface area contributed by atoms with E-state index in [1.165, 1.54) is 0 Å².